The van der Waals surface area contributed by atoms with Crippen molar-refractivity contribution in [2.24, 2.45) is 0 Å². The van der Waals surface area contributed by atoms with E-state index in [-0.39, 0.29) is 11.1 Å². The second-order valence-corrected chi connectivity index (χ2v) is 7.02. The molecule has 0 aliphatic heterocycles. The molecule has 0 aliphatic rings. The van der Waals surface area contributed by atoms with Crippen LogP contribution in [0.4, 0.5) is 13.2 Å². The molecule has 0 saturated heterocycles. The molecule has 0 saturated carbocycles. The molecule has 0 fully saturated rings. The molecule has 0 amide bonds. The van der Waals surface area contributed by atoms with E-state index in [1.54, 1.807) is 18.2 Å². The molecular formula is C25H21F3O3. The number of ether oxygens (including phenoxy) is 1. The zero-order chi connectivity index (χ0) is 22.4. The van der Waals surface area contributed by atoms with Gasteiger partial charge in [-0.2, -0.15) is 13.2 Å². The average Bonchev–Trinajstić information content (AvgIpc) is 2.76. The van der Waals surface area contributed by atoms with E-state index in [0.717, 1.165) is 30.4 Å². The van der Waals surface area contributed by atoms with Crippen LogP contribution in [0.2, 0.25) is 0 Å². The second kappa shape index (κ2) is 9.60. The van der Waals surface area contributed by atoms with Gasteiger partial charge in [0.2, 0.25) is 0 Å². The summed E-state index contributed by atoms with van der Waals surface area (Å²) in [5.41, 5.74) is 0.387. The molecule has 0 aliphatic carbocycles. The molecule has 6 heteroatoms. The van der Waals surface area contributed by atoms with Crippen molar-refractivity contribution in [1.29, 1.82) is 0 Å². The first-order chi connectivity index (χ1) is 14.8. The van der Waals surface area contributed by atoms with Gasteiger partial charge in [0.15, 0.2) is 6.29 Å². The molecule has 0 unspecified atom stereocenters. The third-order valence-electron chi connectivity index (χ3n) is 4.88. The van der Waals surface area contributed by atoms with Crippen molar-refractivity contribution in [3.8, 4) is 11.1 Å². The lowest BCUT2D eigenvalue weighted by Gasteiger charge is -2.15. The number of halogens is 3. The van der Waals surface area contributed by atoms with Gasteiger partial charge in [-0.25, -0.2) is 4.79 Å². The maximum Gasteiger partial charge on any atom is 0.416 e. The normalized spacial score (nSPS) is 11.7. The van der Waals surface area contributed by atoms with Crippen LogP contribution >= 0.6 is 0 Å². The Morgan fingerprint density at radius 2 is 1.77 bits per heavy atom. The summed E-state index contributed by atoms with van der Waals surface area (Å²) in [6.45, 7) is 2.28. The van der Waals surface area contributed by atoms with E-state index in [0.29, 0.717) is 29.4 Å². The highest BCUT2D eigenvalue weighted by Gasteiger charge is 2.31. The molecule has 31 heavy (non-hydrogen) atoms. The number of carbonyl (C=O) groups is 2. The first kappa shape index (κ1) is 22.3. The van der Waals surface area contributed by atoms with Gasteiger partial charge in [0.05, 0.1) is 12.2 Å². The number of alkyl halides is 3. The lowest BCUT2D eigenvalue weighted by Crippen LogP contribution is -2.06. The van der Waals surface area contributed by atoms with E-state index in [4.69, 9.17) is 4.74 Å². The molecule has 3 aromatic rings. The molecule has 3 rings (SSSR count). The van der Waals surface area contributed by atoms with E-state index >= 15 is 0 Å². The molecule has 0 bridgehead atoms. The van der Waals surface area contributed by atoms with Crippen molar-refractivity contribution >= 4 is 29.1 Å². The highest BCUT2D eigenvalue weighted by Crippen LogP contribution is 2.38. The molecule has 160 valence electrons. The average molecular weight is 426 g/mol. The fraction of sp³-hybridized carbons (Fsp3) is 0.200. The Hall–Kier alpha value is -3.41. The number of fused-ring (bicyclic) bond motifs is 1. The molecule has 0 radical (unpaired) electrons. The number of hydrogen-bond acceptors (Lipinski definition) is 3. The number of hydrogen-bond donors (Lipinski definition) is 0. The Bertz CT molecular complexity index is 1130. The summed E-state index contributed by atoms with van der Waals surface area (Å²) < 4.78 is 45.2. The minimum Gasteiger partial charge on any atom is -0.463 e. The summed E-state index contributed by atoms with van der Waals surface area (Å²) in [7, 11) is 0. The van der Waals surface area contributed by atoms with Crippen LogP contribution in [0, 0.1) is 0 Å². The Labute approximate surface area is 178 Å². The van der Waals surface area contributed by atoms with Gasteiger partial charge in [-0.05, 0) is 52.1 Å². The fourth-order valence-electron chi connectivity index (χ4n) is 3.30. The third kappa shape index (κ3) is 5.20. The van der Waals surface area contributed by atoms with E-state index in [2.05, 4.69) is 0 Å². The predicted molar refractivity (Wildman–Crippen MR) is 115 cm³/mol. The number of rotatable bonds is 7. The van der Waals surface area contributed by atoms with E-state index in [1.165, 1.54) is 18.2 Å². The van der Waals surface area contributed by atoms with Gasteiger partial charge in [0.1, 0.15) is 0 Å². The maximum atomic E-state index is 13.4. The Kier molecular flexibility index (Phi) is 6.90. The molecule has 3 aromatic carbocycles. The SMILES string of the molecule is CCCCOC(=O)/C=C/c1ccc2ccccc2c1-c1cc(C(F)(F)F)ccc1C=O. The third-order valence-corrected chi connectivity index (χ3v) is 4.88. The fourth-order valence-corrected chi connectivity index (χ4v) is 3.30. The number of unbranched alkanes of at least 4 members (excludes halogenated alkanes) is 1. The first-order valence-electron chi connectivity index (χ1n) is 9.88. The zero-order valence-electron chi connectivity index (χ0n) is 16.9. The highest BCUT2D eigenvalue weighted by atomic mass is 19.4. The maximum absolute atomic E-state index is 13.4. The molecular weight excluding hydrogens is 405 g/mol. The van der Waals surface area contributed by atoms with Gasteiger partial charge in [0.25, 0.3) is 0 Å². The molecule has 0 spiro atoms. The Morgan fingerprint density at radius 1 is 1.03 bits per heavy atom. The van der Waals surface area contributed by atoms with Crippen molar-refractivity contribution in [3.63, 3.8) is 0 Å². The van der Waals surface area contributed by atoms with Gasteiger partial charge >= 0.3 is 12.1 Å². The van der Waals surface area contributed by atoms with Crippen LogP contribution in [-0.4, -0.2) is 18.9 Å². The topological polar surface area (TPSA) is 43.4 Å². The monoisotopic (exact) mass is 426 g/mol. The highest BCUT2D eigenvalue weighted by molar-refractivity contribution is 6.05. The van der Waals surface area contributed by atoms with Crippen LogP contribution in [-0.2, 0) is 15.7 Å². The number of carbonyl (C=O) groups excluding carboxylic acids is 2. The summed E-state index contributed by atoms with van der Waals surface area (Å²) in [4.78, 5) is 23.6. The smallest absolute Gasteiger partial charge is 0.416 e. The number of benzene rings is 3. The zero-order valence-corrected chi connectivity index (χ0v) is 16.9. The van der Waals surface area contributed by atoms with Crippen molar-refractivity contribution in [1.82, 2.24) is 0 Å². The summed E-state index contributed by atoms with van der Waals surface area (Å²) in [6.07, 6.45) is 0.357. The van der Waals surface area contributed by atoms with Gasteiger partial charge in [0, 0.05) is 11.6 Å². The summed E-state index contributed by atoms with van der Waals surface area (Å²) in [5, 5.41) is 1.47. The van der Waals surface area contributed by atoms with Crippen LogP contribution in [0.5, 0.6) is 0 Å². The summed E-state index contributed by atoms with van der Waals surface area (Å²) >= 11 is 0. The molecule has 0 N–H and O–H groups in total. The Morgan fingerprint density at radius 3 is 2.48 bits per heavy atom. The van der Waals surface area contributed by atoms with Gasteiger partial charge in [-0.3, -0.25) is 4.79 Å². The Balaban J connectivity index is 2.18. The van der Waals surface area contributed by atoms with E-state index < -0.39 is 17.7 Å². The summed E-state index contributed by atoms with van der Waals surface area (Å²) in [6, 6.07) is 13.8. The van der Waals surface area contributed by atoms with Crippen molar-refractivity contribution in [2.45, 2.75) is 25.9 Å². The largest absolute Gasteiger partial charge is 0.463 e. The van der Waals surface area contributed by atoms with Gasteiger partial charge < -0.3 is 4.74 Å². The van der Waals surface area contributed by atoms with E-state index in [1.807, 2.05) is 25.1 Å². The lowest BCUT2D eigenvalue weighted by molar-refractivity contribution is -0.138. The van der Waals surface area contributed by atoms with Crippen LogP contribution in [0.15, 0.2) is 60.7 Å². The standard InChI is InChI=1S/C25H21F3O3/c1-2-3-14-31-23(30)13-11-18-9-8-17-6-4-5-7-21(17)24(18)22-15-20(25(26,27)28)12-10-19(22)16-29/h4-13,15-16H,2-3,14H2,1H3/b13-11+. The second-order valence-electron chi connectivity index (χ2n) is 7.02. The molecule has 0 atom stereocenters. The minimum atomic E-state index is -4.56. The van der Waals surface area contributed by atoms with Crippen LogP contribution in [0.25, 0.3) is 28.0 Å². The molecule has 0 aromatic heterocycles. The quantitative estimate of drug-likeness (QED) is 0.183. The van der Waals surface area contributed by atoms with E-state index in [9.17, 15) is 22.8 Å². The van der Waals surface area contributed by atoms with Crippen LogP contribution in [0.1, 0.15) is 41.3 Å². The van der Waals surface area contributed by atoms with Gasteiger partial charge in [-0.15, -0.1) is 0 Å². The first-order valence-corrected chi connectivity index (χ1v) is 9.88. The van der Waals surface area contributed by atoms with Gasteiger partial charge in [-0.1, -0.05) is 55.8 Å². The van der Waals surface area contributed by atoms with Crippen molar-refractivity contribution < 1.29 is 27.5 Å². The lowest BCUT2D eigenvalue weighted by atomic mass is 9.89. The number of aldehydes is 1. The van der Waals surface area contributed by atoms with Crippen LogP contribution in [0.3, 0.4) is 0 Å². The minimum absolute atomic E-state index is 0.129. The predicted octanol–water partition coefficient (Wildman–Crippen LogP) is 6.69. The van der Waals surface area contributed by atoms with Crippen molar-refractivity contribution in [3.05, 3.63) is 77.4 Å². The molecule has 3 nitrogen and oxygen atoms in total. The van der Waals surface area contributed by atoms with Crippen LogP contribution < -0.4 is 0 Å². The van der Waals surface area contributed by atoms with Crippen molar-refractivity contribution in [2.75, 3.05) is 6.61 Å². The molecule has 0 heterocycles. The summed E-state index contributed by atoms with van der Waals surface area (Å²) in [5.74, 6) is -0.535. The number of esters is 1.